The van der Waals surface area contributed by atoms with Gasteiger partial charge >= 0.3 is 0 Å². The number of unbranched alkanes of at least 4 members (excludes halogenated alkanes) is 4. The van der Waals surface area contributed by atoms with Gasteiger partial charge in [-0.3, -0.25) is 0 Å². The maximum Gasteiger partial charge on any atom is 0.181 e. The van der Waals surface area contributed by atoms with E-state index in [1.165, 1.54) is 38.5 Å². The third-order valence-corrected chi connectivity index (χ3v) is 18.4. The first kappa shape index (κ1) is 52.6. The van der Waals surface area contributed by atoms with Gasteiger partial charge in [0.1, 0.15) is 26.4 Å². The van der Waals surface area contributed by atoms with Gasteiger partial charge in [0.15, 0.2) is 46.0 Å². The Morgan fingerprint density at radius 3 is 0.879 bits per heavy atom. The van der Waals surface area contributed by atoms with Crippen LogP contribution in [0.2, 0.25) is 0 Å². The number of ether oxygens (including phenoxy) is 8. The van der Waals surface area contributed by atoms with Gasteiger partial charge in [0.25, 0.3) is 0 Å². The molecule has 66 heavy (non-hydrogen) atoms. The Morgan fingerprint density at radius 1 is 0.364 bits per heavy atom. The number of hydrogen-bond donors (Lipinski definition) is 0. The Bertz CT molecular complexity index is 1920. The minimum atomic E-state index is 0.416. The summed E-state index contributed by atoms with van der Waals surface area (Å²) in [6, 6.07) is 0. The van der Waals surface area contributed by atoms with Crippen molar-refractivity contribution in [2.75, 3.05) is 52.9 Å². The summed E-state index contributed by atoms with van der Waals surface area (Å²) in [5.41, 5.74) is 0. The highest BCUT2D eigenvalue weighted by atomic mass is 32.1. The van der Waals surface area contributed by atoms with Crippen molar-refractivity contribution in [3.63, 3.8) is 0 Å². The molecule has 0 saturated carbocycles. The SMILES string of the molecule is CCCCC(CC)COc1c(-c2sc(C)c3c2OCCO3)sc(-c2sc(-c3sc(C)c4c3OCCO4)c(OCC(CC)CCCC)c2OCC(CC)CCCC)c1OCC(CC)CCCC. The fraction of sp³-hybridized carbons (Fsp3) is 0.704. The van der Waals surface area contributed by atoms with Gasteiger partial charge in [0, 0.05) is 9.75 Å². The van der Waals surface area contributed by atoms with Gasteiger partial charge in [-0.25, -0.2) is 0 Å². The minimum absolute atomic E-state index is 0.416. The average Bonchev–Trinajstić information content (AvgIpc) is 4.09. The molecule has 0 radical (unpaired) electrons. The van der Waals surface area contributed by atoms with Crippen LogP contribution in [0.4, 0.5) is 0 Å². The zero-order valence-electron chi connectivity index (χ0n) is 42.2. The minimum Gasteiger partial charge on any atom is -0.488 e. The monoisotopic (exact) mass is 986 g/mol. The molecule has 0 saturated heterocycles. The topological polar surface area (TPSA) is 73.8 Å². The predicted octanol–water partition coefficient (Wildman–Crippen LogP) is 17.5. The van der Waals surface area contributed by atoms with Crippen molar-refractivity contribution >= 4 is 45.3 Å². The Hall–Kier alpha value is -2.80. The molecular formula is C54H82O8S4. The van der Waals surface area contributed by atoms with E-state index in [0.717, 1.165) is 149 Å². The summed E-state index contributed by atoms with van der Waals surface area (Å²) in [4.78, 5) is 8.36. The van der Waals surface area contributed by atoms with Crippen LogP contribution in [0.3, 0.4) is 0 Å². The summed E-state index contributed by atoms with van der Waals surface area (Å²) in [7, 11) is 0. The van der Waals surface area contributed by atoms with E-state index in [2.05, 4.69) is 69.2 Å². The van der Waals surface area contributed by atoms with Crippen LogP contribution in [0, 0.1) is 37.5 Å². The summed E-state index contributed by atoms with van der Waals surface area (Å²) in [5, 5.41) is 0. The number of aryl methyl sites for hydroxylation is 2. The third-order valence-electron chi connectivity index (χ3n) is 13.4. The van der Waals surface area contributed by atoms with Crippen LogP contribution in [0.25, 0.3) is 29.3 Å². The molecule has 4 aromatic heterocycles. The molecule has 4 unspecified atom stereocenters. The highest BCUT2D eigenvalue weighted by molar-refractivity contribution is 7.29. The van der Waals surface area contributed by atoms with Crippen LogP contribution in [-0.2, 0) is 0 Å². The van der Waals surface area contributed by atoms with Crippen LogP contribution in [0.1, 0.15) is 168 Å². The number of rotatable bonds is 31. The molecule has 370 valence electrons. The summed E-state index contributed by atoms with van der Waals surface area (Å²) in [6.07, 6.45) is 18.1. The first-order chi connectivity index (χ1) is 32.2. The van der Waals surface area contributed by atoms with Gasteiger partial charge in [0.2, 0.25) is 0 Å². The zero-order valence-corrected chi connectivity index (χ0v) is 45.4. The first-order valence-corrected chi connectivity index (χ1v) is 29.1. The van der Waals surface area contributed by atoms with Crippen LogP contribution < -0.4 is 37.9 Å². The maximum absolute atomic E-state index is 7.32. The Kier molecular flexibility index (Phi) is 21.4. The van der Waals surface area contributed by atoms with Gasteiger partial charge in [-0.05, 0) is 63.2 Å². The number of thiophene rings is 4. The second-order valence-electron chi connectivity index (χ2n) is 18.4. The fourth-order valence-electron chi connectivity index (χ4n) is 8.81. The second kappa shape index (κ2) is 26.8. The Balaban J connectivity index is 1.63. The average molecular weight is 988 g/mol. The number of hydrogen-bond acceptors (Lipinski definition) is 12. The Morgan fingerprint density at radius 2 is 0.621 bits per heavy atom. The quantitative estimate of drug-likeness (QED) is 0.0494. The normalized spacial score (nSPS) is 15.1. The maximum atomic E-state index is 7.32. The van der Waals surface area contributed by atoms with E-state index >= 15 is 0 Å². The zero-order chi connectivity index (χ0) is 47.0. The Labute approximate surface area is 414 Å². The van der Waals surface area contributed by atoms with Crippen LogP contribution in [-0.4, -0.2) is 52.9 Å². The highest BCUT2D eigenvalue weighted by Gasteiger charge is 2.37. The van der Waals surface area contributed by atoms with Gasteiger partial charge < -0.3 is 37.9 Å². The van der Waals surface area contributed by atoms with E-state index in [9.17, 15) is 0 Å². The van der Waals surface area contributed by atoms with Crippen molar-refractivity contribution in [1.29, 1.82) is 0 Å². The van der Waals surface area contributed by atoms with Crippen molar-refractivity contribution in [2.45, 2.75) is 172 Å². The summed E-state index contributed by atoms with van der Waals surface area (Å²) < 4.78 is 54.7. The predicted molar refractivity (Wildman–Crippen MR) is 281 cm³/mol. The summed E-state index contributed by atoms with van der Waals surface area (Å²) >= 11 is 6.93. The standard InChI is InChI=1S/C54H82O8S4/c1-11-19-23-37(15-5)31-59-45-47(61-33-39(17-7)25-21-13-3)53(65-51(45)49-43-41(35(9)63-49)55-27-29-57-43)54-48(62-34-40(18-8)26-22-14-4)46(60-32-38(16-6)24-20-12-2)52(66-54)50-44-42(36(10)64-50)56-28-30-58-44/h37-40H,11-34H2,1-10H3. The van der Waals surface area contributed by atoms with Gasteiger partial charge in [-0.15, -0.1) is 45.3 Å². The first-order valence-electron chi connectivity index (χ1n) is 25.9. The molecule has 0 fully saturated rings. The molecule has 0 spiro atoms. The number of fused-ring (bicyclic) bond motifs is 2. The van der Waals surface area contributed by atoms with Crippen molar-refractivity contribution < 1.29 is 37.9 Å². The smallest absolute Gasteiger partial charge is 0.181 e. The van der Waals surface area contributed by atoms with Crippen LogP contribution in [0.15, 0.2) is 0 Å². The van der Waals surface area contributed by atoms with E-state index in [0.29, 0.717) is 76.5 Å². The van der Waals surface area contributed by atoms with Crippen molar-refractivity contribution in [3.8, 4) is 75.3 Å². The molecule has 0 aliphatic carbocycles. The fourth-order valence-corrected chi connectivity index (χ4v) is 13.6. The molecule has 8 nitrogen and oxygen atoms in total. The lowest BCUT2D eigenvalue weighted by molar-refractivity contribution is 0.173. The van der Waals surface area contributed by atoms with E-state index in [1.807, 2.05) is 0 Å². The molecule has 0 amide bonds. The van der Waals surface area contributed by atoms with Crippen LogP contribution >= 0.6 is 45.3 Å². The van der Waals surface area contributed by atoms with E-state index in [4.69, 9.17) is 37.9 Å². The van der Waals surface area contributed by atoms with Crippen molar-refractivity contribution in [3.05, 3.63) is 9.75 Å². The van der Waals surface area contributed by atoms with Crippen molar-refractivity contribution in [2.24, 2.45) is 23.7 Å². The lowest BCUT2D eigenvalue weighted by atomic mass is 10.0. The van der Waals surface area contributed by atoms with E-state index in [-0.39, 0.29) is 0 Å². The molecule has 4 aromatic rings. The van der Waals surface area contributed by atoms with Gasteiger partial charge in [-0.2, -0.15) is 0 Å². The molecule has 4 atom stereocenters. The van der Waals surface area contributed by atoms with E-state index in [1.54, 1.807) is 45.3 Å². The molecular weight excluding hydrogens is 905 g/mol. The van der Waals surface area contributed by atoms with Gasteiger partial charge in [-0.1, -0.05) is 132 Å². The van der Waals surface area contributed by atoms with E-state index < -0.39 is 0 Å². The second-order valence-corrected chi connectivity index (χ2v) is 22.9. The molecule has 2 aliphatic heterocycles. The molecule has 0 bridgehead atoms. The van der Waals surface area contributed by atoms with Crippen LogP contribution in [0.5, 0.6) is 46.0 Å². The third kappa shape index (κ3) is 12.9. The lowest BCUT2D eigenvalue weighted by Gasteiger charge is -2.21. The highest BCUT2D eigenvalue weighted by Crippen LogP contribution is 2.65. The molecule has 12 heteroatoms. The molecule has 6 rings (SSSR count). The molecule has 0 aromatic carbocycles. The molecule has 2 aliphatic rings. The summed E-state index contributed by atoms with van der Waals surface area (Å²) in [5.74, 6) is 8.20. The largest absolute Gasteiger partial charge is 0.488 e. The molecule has 0 N–H and O–H groups in total. The lowest BCUT2D eigenvalue weighted by Crippen LogP contribution is -2.15. The van der Waals surface area contributed by atoms with Crippen molar-refractivity contribution in [1.82, 2.24) is 0 Å². The van der Waals surface area contributed by atoms with Gasteiger partial charge in [0.05, 0.1) is 55.7 Å². The molecule has 6 heterocycles. The summed E-state index contributed by atoms with van der Waals surface area (Å²) in [6.45, 7) is 27.1.